The summed E-state index contributed by atoms with van der Waals surface area (Å²) < 4.78 is 0. The van der Waals surface area contributed by atoms with Crippen LogP contribution in [0, 0.1) is 11.3 Å². The van der Waals surface area contributed by atoms with Gasteiger partial charge in [-0.15, -0.1) is 11.6 Å². The van der Waals surface area contributed by atoms with Crippen LogP contribution in [0.15, 0.2) is 0 Å². The second kappa shape index (κ2) is 3.46. The molecule has 0 aromatic heterocycles. The molecule has 3 nitrogen and oxygen atoms in total. The van der Waals surface area contributed by atoms with Gasteiger partial charge in [-0.3, -0.25) is 14.4 Å². The van der Waals surface area contributed by atoms with Crippen molar-refractivity contribution in [2.75, 3.05) is 0 Å². The molecule has 0 aromatic carbocycles. The van der Waals surface area contributed by atoms with Crippen LogP contribution in [0.1, 0.15) is 27.2 Å². The molecule has 78 valence electrons. The molecule has 0 saturated heterocycles. The molecule has 1 saturated carbocycles. The second-order valence-electron chi connectivity index (χ2n) is 4.44. The summed E-state index contributed by atoms with van der Waals surface area (Å²) in [6.45, 7) is 4.77. The molecule has 0 aromatic rings. The highest BCUT2D eigenvalue weighted by Crippen LogP contribution is 2.37. The summed E-state index contributed by atoms with van der Waals surface area (Å²) in [5.41, 5.74) is -0.540. The maximum absolute atomic E-state index is 11.6. The van der Waals surface area contributed by atoms with Gasteiger partial charge in [0, 0.05) is 6.42 Å². The molecule has 0 unspecified atom stereocenters. The molecule has 0 heterocycles. The van der Waals surface area contributed by atoms with Crippen molar-refractivity contribution >= 4 is 29.0 Å². The average molecular weight is 217 g/mol. The van der Waals surface area contributed by atoms with Gasteiger partial charge in [0.05, 0.1) is 5.38 Å². The molecule has 1 fully saturated rings. The van der Waals surface area contributed by atoms with E-state index in [4.69, 9.17) is 11.6 Å². The Bertz CT molecular complexity index is 306. The predicted molar refractivity (Wildman–Crippen MR) is 52.2 cm³/mol. The predicted octanol–water partition coefficient (Wildman–Crippen LogP) is 1.37. The van der Waals surface area contributed by atoms with Crippen molar-refractivity contribution < 1.29 is 14.4 Å². The molecule has 1 aliphatic carbocycles. The number of hydrogen-bond donors (Lipinski definition) is 0. The first-order valence-electron chi connectivity index (χ1n) is 4.48. The molecule has 4 heteroatoms. The molecule has 0 spiro atoms. The Balaban J connectivity index is 3.03. The van der Waals surface area contributed by atoms with Crippen LogP contribution in [0.4, 0.5) is 0 Å². The van der Waals surface area contributed by atoms with Gasteiger partial charge in [0.25, 0.3) is 0 Å². The lowest BCUT2D eigenvalue weighted by atomic mass is 9.70. The molecule has 1 aliphatic rings. The van der Waals surface area contributed by atoms with E-state index in [1.807, 2.05) is 0 Å². The molecule has 14 heavy (non-hydrogen) atoms. The summed E-state index contributed by atoms with van der Waals surface area (Å²) >= 11 is 5.91. The molecule has 1 rings (SSSR count). The van der Waals surface area contributed by atoms with E-state index in [0.29, 0.717) is 0 Å². The largest absolute Gasteiger partial charge is 0.299 e. The topological polar surface area (TPSA) is 51.2 Å². The fourth-order valence-electron chi connectivity index (χ4n) is 1.76. The highest BCUT2D eigenvalue weighted by molar-refractivity contribution is 6.38. The number of hydrogen-bond acceptors (Lipinski definition) is 3. The van der Waals surface area contributed by atoms with Gasteiger partial charge in [-0.25, -0.2) is 0 Å². The minimum Gasteiger partial charge on any atom is -0.299 e. The van der Waals surface area contributed by atoms with Gasteiger partial charge < -0.3 is 0 Å². The van der Waals surface area contributed by atoms with Crippen molar-refractivity contribution in [1.82, 2.24) is 0 Å². The highest BCUT2D eigenvalue weighted by atomic mass is 35.5. The molecular weight excluding hydrogens is 204 g/mol. The summed E-state index contributed by atoms with van der Waals surface area (Å²) in [6.07, 6.45) is 0.192. The normalized spacial score (nSPS) is 31.7. The second-order valence-corrected chi connectivity index (χ2v) is 4.88. The zero-order chi connectivity index (χ0) is 11.1. The Labute approximate surface area is 87.8 Å². The van der Waals surface area contributed by atoms with Gasteiger partial charge in [0.15, 0.2) is 11.6 Å². The first-order valence-corrected chi connectivity index (χ1v) is 4.92. The maximum Gasteiger partial charge on any atom is 0.169 e. The quantitative estimate of drug-likeness (QED) is 0.491. The summed E-state index contributed by atoms with van der Waals surface area (Å²) in [6, 6.07) is 0. The van der Waals surface area contributed by atoms with Gasteiger partial charge in [0.2, 0.25) is 0 Å². The van der Waals surface area contributed by atoms with Crippen LogP contribution in [0.3, 0.4) is 0 Å². The van der Waals surface area contributed by atoms with Crippen LogP contribution in [-0.2, 0) is 14.4 Å². The number of rotatable bonds is 1. The number of halogens is 1. The SMILES string of the molecule is CC(=O)[C@H]1C(=O)CC(C)(C)[C@H](Cl)C1=O. The van der Waals surface area contributed by atoms with Crippen LogP contribution in [-0.4, -0.2) is 22.7 Å². The monoisotopic (exact) mass is 216 g/mol. The van der Waals surface area contributed by atoms with Crippen molar-refractivity contribution in [1.29, 1.82) is 0 Å². The first kappa shape index (κ1) is 11.4. The number of Topliss-reactive ketones (excluding diaryl/α,β-unsaturated/α-hetero) is 3. The summed E-state index contributed by atoms with van der Waals surface area (Å²) in [7, 11) is 0. The Morgan fingerprint density at radius 3 is 2.36 bits per heavy atom. The molecular formula is C10H13ClO3. The fourth-order valence-corrected chi connectivity index (χ4v) is 1.96. The molecule has 2 atom stereocenters. The van der Waals surface area contributed by atoms with Crippen LogP contribution >= 0.6 is 11.6 Å². The van der Waals surface area contributed by atoms with E-state index < -0.39 is 28.3 Å². The lowest BCUT2D eigenvalue weighted by Crippen LogP contribution is -2.49. The van der Waals surface area contributed by atoms with Crippen LogP contribution in [0.25, 0.3) is 0 Å². The summed E-state index contributed by atoms with van der Waals surface area (Å²) in [5.74, 6) is -2.27. The molecule has 0 amide bonds. The van der Waals surface area contributed by atoms with Crippen molar-refractivity contribution in [2.45, 2.75) is 32.6 Å². The lowest BCUT2D eigenvalue weighted by Gasteiger charge is -2.35. The summed E-state index contributed by atoms with van der Waals surface area (Å²) in [4.78, 5) is 34.2. The highest BCUT2D eigenvalue weighted by Gasteiger charge is 2.48. The first-order chi connectivity index (χ1) is 6.27. The minimum absolute atomic E-state index is 0.192. The minimum atomic E-state index is -1.12. The van der Waals surface area contributed by atoms with Gasteiger partial charge >= 0.3 is 0 Å². The van der Waals surface area contributed by atoms with Crippen molar-refractivity contribution in [3.8, 4) is 0 Å². The van der Waals surface area contributed by atoms with Crippen LogP contribution in [0.2, 0.25) is 0 Å². The lowest BCUT2D eigenvalue weighted by molar-refractivity contribution is -0.144. The third-order valence-corrected chi connectivity index (χ3v) is 3.38. The number of ketones is 3. The third-order valence-electron chi connectivity index (χ3n) is 2.58. The van der Waals surface area contributed by atoms with E-state index in [9.17, 15) is 14.4 Å². The smallest absolute Gasteiger partial charge is 0.169 e. The van der Waals surface area contributed by atoms with E-state index in [0.717, 1.165) is 0 Å². The Hall–Kier alpha value is -0.700. The van der Waals surface area contributed by atoms with E-state index in [1.54, 1.807) is 13.8 Å². The van der Waals surface area contributed by atoms with E-state index in [1.165, 1.54) is 6.92 Å². The van der Waals surface area contributed by atoms with Gasteiger partial charge in [-0.05, 0) is 12.3 Å². The van der Waals surface area contributed by atoms with Crippen molar-refractivity contribution in [3.63, 3.8) is 0 Å². The Kier molecular flexibility index (Phi) is 2.81. The molecule has 0 radical (unpaired) electrons. The zero-order valence-corrected chi connectivity index (χ0v) is 9.22. The fraction of sp³-hybridized carbons (Fsp3) is 0.700. The van der Waals surface area contributed by atoms with Gasteiger partial charge in [-0.2, -0.15) is 0 Å². The standard InChI is InChI=1S/C10H13ClO3/c1-5(12)7-6(13)4-10(2,3)9(11)8(7)14/h7,9H,4H2,1-3H3/t7-,9+/m0/s1. The number of alkyl halides is 1. The summed E-state index contributed by atoms with van der Waals surface area (Å²) in [5, 5.41) is -0.742. The van der Waals surface area contributed by atoms with Crippen LogP contribution in [0.5, 0.6) is 0 Å². The maximum atomic E-state index is 11.6. The van der Waals surface area contributed by atoms with Gasteiger partial charge in [0.1, 0.15) is 11.7 Å². The van der Waals surface area contributed by atoms with Crippen molar-refractivity contribution in [3.05, 3.63) is 0 Å². The Morgan fingerprint density at radius 2 is 1.93 bits per heavy atom. The molecule has 0 bridgehead atoms. The van der Waals surface area contributed by atoms with Crippen molar-refractivity contribution in [2.24, 2.45) is 11.3 Å². The average Bonchev–Trinajstić information content (AvgIpc) is 1.98. The number of carbonyl (C=O) groups is 3. The third kappa shape index (κ3) is 1.73. The van der Waals surface area contributed by atoms with E-state index in [2.05, 4.69) is 0 Å². The Morgan fingerprint density at radius 1 is 1.43 bits per heavy atom. The van der Waals surface area contributed by atoms with Crippen LogP contribution < -0.4 is 0 Å². The molecule has 0 aliphatic heterocycles. The van der Waals surface area contributed by atoms with E-state index in [-0.39, 0.29) is 12.2 Å². The molecule has 0 N–H and O–H groups in total. The number of carbonyl (C=O) groups excluding carboxylic acids is 3. The van der Waals surface area contributed by atoms with Gasteiger partial charge in [-0.1, -0.05) is 13.8 Å². The zero-order valence-electron chi connectivity index (χ0n) is 8.46. The van der Waals surface area contributed by atoms with E-state index >= 15 is 0 Å².